The van der Waals surface area contributed by atoms with Crippen molar-refractivity contribution in [3.8, 4) is 11.6 Å². The Morgan fingerprint density at radius 1 is 1.32 bits per heavy atom. The summed E-state index contributed by atoms with van der Waals surface area (Å²) in [5, 5.41) is 4.35. The molecular weight excluding hydrogens is 244 g/mol. The summed E-state index contributed by atoms with van der Waals surface area (Å²) in [6.45, 7) is 3.51. The van der Waals surface area contributed by atoms with E-state index in [0.717, 1.165) is 11.4 Å². The van der Waals surface area contributed by atoms with Crippen LogP contribution in [0.3, 0.4) is 0 Å². The summed E-state index contributed by atoms with van der Waals surface area (Å²) in [7, 11) is 0. The van der Waals surface area contributed by atoms with E-state index >= 15 is 0 Å². The van der Waals surface area contributed by atoms with E-state index in [1.165, 1.54) is 0 Å². The number of hydrogen-bond acceptors (Lipinski definition) is 4. The van der Waals surface area contributed by atoms with Crippen LogP contribution in [0.2, 0.25) is 0 Å². The number of benzene rings is 1. The third-order valence-electron chi connectivity index (χ3n) is 2.52. The van der Waals surface area contributed by atoms with Crippen LogP contribution in [0.5, 0.6) is 5.88 Å². The molecule has 2 rings (SSSR count). The van der Waals surface area contributed by atoms with Gasteiger partial charge in [-0.3, -0.25) is 4.79 Å². The maximum absolute atomic E-state index is 11.0. The lowest BCUT2D eigenvalue weighted by Gasteiger charge is -2.09. The molecule has 19 heavy (non-hydrogen) atoms. The predicted octanol–water partition coefficient (Wildman–Crippen LogP) is 2.47. The van der Waals surface area contributed by atoms with Crippen LogP contribution >= 0.6 is 0 Å². The van der Waals surface area contributed by atoms with E-state index in [9.17, 15) is 4.79 Å². The van der Waals surface area contributed by atoms with E-state index in [-0.39, 0.29) is 12.8 Å². The summed E-state index contributed by atoms with van der Waals surface area (Å²) in [4.78, 5) is 11.0. The summed E-state index contributed by atoms with van der Waals surface area (Å²) in [5.74, 6) is 0.259. The highest BCUT2D eigenvalue weighted by Gasteiger charge is 2.09. The van der Waals surface area contributed by atoms with Gasteiger partial charge >= 0.3 is 5.97 Å². The largest absolute Gasteiger partial charge is 0.440 e. The van der Waals surface area contributed by atoms with Crippen LogP contribution in [0.25, 0.3) is 5.69 Å². The molecule has 0 radical (unpaired) electrons. The first-order valence-corrected chi connectivity index (χ1v) is 6.11. The van der Waals surface area contributed by atoms with Crippen molar-refractivity contribution < 1.29 is 14.3 Å². The third kappa shape index (κ3) is 3.34. The minimum absolute atomic E-state index is 0.107. The summed E-state index contributed by atoms with van der Waals surface area (Å²) in [6.07, 6.45) is 0.334. The van der Waals surface area contributed by atoms with Gasteiger partial charge in [-0.25, -0.2) is 4.68 Å². The number of aromatic nitrogens is 2. The number of carbonyl (C=O) groups is 1. The molecule has 0 fully saturated rings. The number of hydrogen-bond donors (Lipinski definition) is 0. The Morgan fingerprint density at radius 3 is 2.74 bits per heavy atom. The molecular formula is C14H16N2O3. The van der Waals surface area contributed by atoms with Gasteiger partial charge in [0.05, 0.1) is 11.4 Å². The molecule has 1 aromatic carbocycles. The Hall–Kier alpha value is -2.30. The van der Waals surface area contributed by atoms with Gasteiger partial charge in [-0.2, -0.15) is 5.10 Å². The van der Waals surface area contributed by atoms with Crippen LogP contribution in [0.4, 0.5) is 0 Å². The Kier molecular flexibility index (Phi) is 4.18. The van der Waals surface area contributed by atoms with E-state index in [0.29, 0.717) is 12.3 Å². The van der Waals surface area contributed by atoms with Gasteiger partial charge in [-0.15, -0.1) is 0 Å². The van der Waals surface area contributed by atoms with Crippen molar-refractivity contribution in [1.29, 1.82) is 0 Å². The lowest BCUT2D eigenvalue weighted by atomic mass is 10.3. The first kappa shape index (κ1) is 13.1. The minimum Gasteiger partial charge on any atom is -0.440 e. The molecule has 0 aliphatic rings. The predicted molar refractivity (Wildman–Crippen MR) is 70.2 cm³/mol. The maximum Gasteiger partial charge on any atom is 0.308 e. The van der Waals surface area contributed by atoms with Gasteiger partial charge in [-0.05, 0) is 19.1 Å². The monoisotopic (exact) mass is 260 g/mol. The Morgan fingerprint density at radius 2 is 2.05 bits per heavy atom. The molecule has 0 aliphatic carbocycles. The molecule has 0 atom stereocenters. The molecule has 5 heteroatoms. The van der Waals surface area contributed by atoms with E-state index in [4.69, 9.17) is 9.47 Å². The molecule has 0 spiro atoms. The molecule has 0 unspecified atom stereocenters. The third-order valence-corrected chi connectivity index (χ3v) is 2.52. The van der Waals surface area contributed by atoms with Crippen molar-refractivity contribution in [3.63, 3.8) is 0 Å². The standard InChI is InChI=1S/C14H16N2O3/c1-3-14(17)19-10-18-13-9-11(2)15-16(13)12-7-5-4-6-8-12/h4-9H,3,10H2,1-2H3. The van der Waals surface area contributed by atoms with Crippen LogP contribution < -0.4 is 4.74 Å². The molecule has 1 heterocycles. The normalized spacial score (nSPS) is 10.2. The van der Waals surface area contributed by atoms with E-state index in [1.54, 1.807) is 17.7 Å². The summed E-state index contributed by atoms with van der Waals surface area (Å²) < 4.78 is 12.0. The molecule has 0 aliphatic heterocycles. The van der Waals surface area contributed by atoms with Gasteiger partial charge in [0.2, 0.25) is 12.7 Å². The van der Waals surface area contributed by atoms with Crippen molar-refractivity contribution in [2.45, 2.75) is 20.3 Å². The van der Waals surface area contributed by atoms with Gasteiger partial charge in [0.15, 0.2) is 0 Å². The Labute approximate surface area is 111 Å². The molecule has 0 saturated carbocycles. The highest BCUT2D eigenvalue weighted by atomic mass is 16.7. The van der Waals surface area contributed by atoms with Gasteiger partial charge in [0, 0.05) is 12.5 Å². The molecule has 0 saturated heterocycles. The second-order valence-corrected chi connectivity index (χ2v) is 4.00. The summed E-state index contributed by atoms with van der Waals surface area (Å²) >= 11 is 0. The average molecular weight is 260 g/mol. The van der Waals surface area contributed by atoms with Crippen molar-refractivity contribution in [2.75, 3.05) is 6.79 Å². The van der Waals surface area contributed by atoms with E-state index in [2.05, 4.69) is 5.10 Å². The minimum atomic E-state index is -0.289. The Bertz CT molecular complexity index is 549. The number of ether oxygens (including phenoxy) is 2. The number of aryl methyl sites for hydroxylation is 1. The quantitative estimate of drug-likeness (QED) is 0.612. The fourth-order valence-electron chi connectivity index (χ4n) is 1.59. The first-order chi connectivity index (χ1) is 9.20. The number of nitrogens with zero attached hydrogens (tertiary/aromatic N) is 2. The zero-order valence-corrected chi connectivity index (χ0v) is 11.0. The van der Waals surface area contributed by atoms with Gasteiger partial charge < -0.3 is 9.47 Å². The van der Waals surface area contributed by atoms with Crippen LogP contribution in [0.15, 0.2) is 36.4 Å². The van der Waals surface area contributed by atoms with E-state index < -0.39 is 0 Å². The molecule has 0 amide bonds. The van der Waals surface area contributed by atoms with Gasteiger partial charge in [0.25, 0.3) is 0 Å². The summed E-state index contributed by atoms with van der Waals surface area (Å²) in [5.41, 5.74) is 1.73. The number of carbonyl (C=O) groups excluding carboxylic acids is 1. The van der Waals surface area contributed by atoms with Crippen LogP contribution in [0, 0.1) is 6.92 Å². The van der Waals surface area contributed by atoms with Crippen LogP contribution in [-0.4, -0.2) is 22.5 Å². The number of para-hydroxylation sites is 1. The lowest BCUT2D eigenvalue weighted by Crippen LogP contribution is -2.11. The highest BCUT2D eigenvalue weighted by Crippen LogP contribution is 2.18. The number of esters is 1. The zero-order chi connectivity index (χ0) is 13.7. The van der Waals surface area contributed by atoms with Crippen LogP contribution in [-0.2, 0) is 9.53 Å². The van der Waals surface area contributed by atoms with Crippen molar-refractivity contribution in [3.05, 3.63) is 42.1 Å². The SMILES string of the molecule is CCC(=O)OCOc1cc(C)nn1-c1ccccc1. The molecule has 0 N–H and O–H groups in total. The van der Waals surface area contributed by atoms with Gasteiger partial charge in [-0.1, -0.05) is 25.1 Å². The first-order valence-electron chi connectivity index (χ1n) is 6.11. The lowest BCUT2D eigenvalue weighted by molar-refractivity contribution is -0.149. The second-order valence-electron chi connectivity index (χ2n) is 4.00. The van der Waals surface area contributed by atoms with E-state index in [1.807, 2.05) is 37.3 Å². The molecule has 5 nitrogen and oxygen atoms in total. The zero-order valence-electron chi connectivity index (χ0n) is 11.0. The fraction of sp³-hybridized carbons (Fsp3) is 0.286. The van der Waals surface area contributed by atoms with Crippen molar-refractivity contribution in [1.82, 2.24) is 9.78 Å². The Balaban J connectivity index is 2.11. The van der Waals surface area contributed by atoms with Crippen molar-refractivity contribution in [2.24, 2.45) is 0 Å². The van der Waals surface area contributed by atoms with Gasteiger partial charge in [0.1, 0.15) is 0 Å². The highest BCUT2D eigenvalue weighted by molar-refractivity contribution is 5.68. The second kappa shape index (κ2) is 6.04. The fourth-order valence-corrected chi connectivity index (χ4v) is 1.59. The molecule has 1 aromatic heterocycles. The summed E-state index contributed by atoms with van der Waals surface area (Å²) in [6, 6.07) is 11.4. The molecule has 100 valence electrons. The maximum atomic E-state index is 11.0. The van der Waals surface area contributed by atoms with Crippen LogP contribution in [0.1, 0.15) is 19.0 Å². The smallest absolute Gasteiger partial charge is 0.308 e. The molecule has 2 aromatic rings. The molecule has 0 bridgehead atoms. The van der Waals surface area contributed by atoms with Crippen molar-refractivity contribution >= 4 is 5.97 Å². The number of rotatable bonds is 5. The topological polar surface area (TPSA) is 53.4 Å². The average Bonchev–Trinajstić information content (AvgIpc) is 2.80.